The lowest BCUT2D eigenvalue weighted by molar-refractivity contribution is -0.394. The number of aliphatic hydroxyl groups excluding tert-OH is 1. The molecule has 0 amide bonds. The van der Waals surface area contributed by atoms with E-state index in [-0.39, 0.29) is 6.54 Å². The molecule has 0 spiro atoms. The van der Waals surface area contributed by atoms with Crippen LogP contribution in [0.25, 0.3) is 0 Å². The van der Waals surface area contributed by atoms with Crippen molar-refractivity contribution in [1.82, 2.24) is 14.8 Å². The maximum Gasteiger partial charge on any atom is 0.490 e. The van der Waals surface area contributed by atoms with Gasteiger partial charge in [0.1, 0.15) is 6.10 Å². The van der Waals surface area contributed by atoms with E-state index in [1.807, 2.05) is 0 Å². The number of aliphatic hydroxyl groups is 1. The highest BCUT2D eigenvalue weighted by Crippen LogP contribution is 2.23. The maximum atomic E-state index is 10.4. The summed E-state index contributed by atoms with van der Waals surface area (Å²) < 4.78 is 1.20. The van der Waals surface area contributed by atoms with Crippen LogP contribution < -0.4 is 0 Å². The van der Waals surface area contributed by atoms with Crippen LogP contribution in [0.15, 0.2) is 30.6 Å². The number of benzene rings is 1. The second-order valence-electron chi connectivity index (χ2n) is 3.56. The average Bonchev–Trinajstić information content (AvgIpc) is 2.78. The Morgan fingerprint density at radius 2 is 2.22 bits per heavy atom. The third-order valence-electron chi connectivity index (χ3n) is 2.31. The molecular formula is C10H9ClN4O3. The molecule has 1 aromatic carbocycles. The smallest absolute Gasteiger partial charge is 0.390 e. The molecular weight excluding hydrogens is 260 g/mol. The number of nitro groups is 1. The minimum Gasteiger partial charge on any atom is -0.390 e. The minimum absolute atomic E-state index is 0.0462. The van der Waals surface area contributed by atoms with Gasteiger partial charge in [-0.2, -0.15) is 4.68 Å². The van der Waals surface area contributed by atoms with Gasteiger partial charge in [-0.3, -0.25) is 0 Å². The fourth-order valence-corrected chi connectivity index (χ4v) is 1.74. The Morgan fingerprint density at radius 1 is 1.50 bits per heavy atom. The first-order valence-corrected chi connectivity index (χ1v) is 5.42. The lowest BCUT2D eigenvalue weighted by atomic mass is 10.1. The van der Waals surface area contributed by atoms with Gasteiger partial charge in [0.15, 0.2) is 0 Å². The second-order valence-corrected chi connectivity index (χ2v) is 3.97. The van der Waals surface area contributed by atoms with Crippen LogP contribution in [-0.2, 0) is 6.54 Å². The number of nitrogens with zero attached hydrogens (tertiary/aromatic N) is 4. The Bertz CT molecular complexity index is 572. The normalized spacial score (nSPS) is 12.3. The predicted molar refractivity (Wildman–Crippen MR) is 63.1 cm³/mol. The molecule has 0 saturated carbocycles. The lowest BCUT2D eigenvalue weighted by Crippen LogP contribution is -2.10. The van der Waals surface area contributed by atoms with Gasteiger partial charge in [0.05, 0.1) is 6.54 Å². The highest BCUT2D eigenvalue weighted by molar-refractivity contribution is 6.31. The second kappa shape index (κ2) is 5.11. The molecule has 94 valence electrons. The largest absolute Gasteiger partial charge is 0.490 e. The van der Waals surface area contributed by atoms with Gasteiger partial charge in [-0.15, -0.1) is 0 Å². The van der Waals surface area contributed by atoms with Crippen molar-refractivity contribution in [3.05, 3.63) is 51.3 Å². The van der Waals surface area contributed by atoms with Crippen molar-refractivity contribution in [2.45, 2.75) is 12.6 Å². The van der Waals surface area contributed by atoms with Gasteiger partial charge in [0.2, 0.25) is 6.33 Å². The van der Waals surface area contributed by atoms with Gasteiger partial charge in [-0.1, -0.05) is 34.8 Å². The molecule has 2 aromatic rings. The fourth-order valence-electron chi connectivity index (χ4n) is 1.48. The topological polar surface area (TPSA) is 94.1 Å². The standard InChI is InChI=1S/C10H9ClN4O3/c11-8-4-2-1-3-7(8)9(16)5-14-6-12-10(13-14)15(17)18/h1-4,6,9,16H,5H2. The molecule has 0 radical (unpaired) electrons. The lowest BCUT2D eigenvalue weighted by Gasteiger charge is -2.10. The van der Waals surface area contributed by atoms with Crippen molar-refractivity contribution < 1.29 is 10.0 Å². The summed E-state index contributed by atoms with van der Waals surface area (Å²) in [5.41, 5.74) is 0.539. The predicted octanol–water partition coefficient (Wildman–Crippen LogP) is 1.57. The van der Waals surface area contributed by atoms with Crippen LogP contribution in [0.3, 0.4) is 0 Å². The van der Waals surface area contributed by atoms with E-state index < -0.39 is 17.0 Å². The first-order valence-electron chi connectivity index (χ1n) is 5.04. The van der Waals surface area contributed by atoms with Crippen LogP contribution in [0.2, 0.25) is 5.02 Å². The summed E-state index contributed by atoms with van der Waals surface area (Å²) >= 11 is 5.93. The number of rotatable bonds is 4. The van der Waals surface area contributed by atoms with E-state index in [0.29, 0.717) is 10.6 Å². The van der Waals surface area contributed by atoms with Crippen molar-refractivity contribution >= 4 is 17.5 Å². The summed E-state index contributed by atoms with van der Waals surface area (Å²) in [4.78, 5) is 13.2. The van der Waals surface area contributed by atoms with Crippen molar-refractivity contribution in [3.8, 4) is 0 Å². The van der Waals surface area contributed by atoms with Crippen molar-refractivity contribution in [1.29, 1.82) is 0 Å². The molecule has 18 heavy (non-hydrogen) atoms. The van der Waals surface area contributed by atoms with Crippen molar-refractivity contribution in [3.63, 3.8) is 0 Å². The third-order valence-corrected chi connectivity index (χ3v) is 2.66. The van der Waals surface area contributed by atoms with Crippen molar-refractivity contribution in [2.75, 3.05) is 0 Å². The van der Waals surface area contributed by atoms with Crippen LogP contribution >= 0.6 is 11.6 Å². The first-order chi connectivity index (χ1) is 8.58. The van der Waals surface area contributed by atoms with E-state index in [1.165, 1.54) is 11.0 Å². The van der Waals surface area contributed by atoms with Gasteiger partial charge in [-0.25, -0.2) is 0 Å². The van der Waals surface area contributed by atoms with Crippen LogP contribution in [-0.4, -0.2) is 24.8 Å². The van der Waals surface area contributed by atoms with E-state index in [0.717, 1.165) is 0 Å². The van der Waals surface area contributed by atoms with E-state index in [9.17, 15) is 15.2 Å². The molecule has 0 aliphatic carbocycles. The number of aromatic nitrogens is 3. The molecule has 0 aliphatic heterocycles. The molecule has 2 rings (SSSR count). The van der Waals surface area contributed by atoms with Gasteiger partial charge in [-0.05, 0) is 11.0 Å². The van der Waals surface area contributed by atoms with E-state index in [1.54, 1.807) is 24.3 Å². The summed E-state index contributed by atoms with van der Waals surface area (Å²) in [6, 6.07) is 6.83. The van der Waals surface area contributed by atoms with Gasteiger partial charge < -0.3 is 15.2 Å². The number of hydrogen-bond acceptors (Lipinski definition) is 5. The average molecular weight is 269 g/mol. The zero-order valence-corrected chi connectivity index (χ0v) is 9.86. The Labute approximate surface area is 107 Å². The van der Waals surface area contributed by atoms with Crippen molar-refractivity contribution in [2.24, 2.45) is 0 Å². The van der Waals surface area contributed by atoms with E-state index >= 15 is 0 Å². The summed E-state index contributed by atoms with van der Waals surface area (Å²) in [5, 5.41) is 24.4. The van der Waals surface area contributed by atoms with E-state index in [2.05, 4.69) is 10.1 Å². The molecule has 0 fully saturated rings. The summed E-state index contributed by atoms with van der Waals surface area (Å²) in [5.74, 6) is -0.499. The summed E-state index contributed by atoms with van der Waals surface area (Å²) in [7, 11) is 0. The summed E-state index contributed by atoms with van der Waals surface area (Å²) in [6.45, 7) is 0.0462. The van der Waals surface area contributed by atoms with Crippen LogP contribution in [0.1, 0.15) is 11.7 Å². The van der Waals surface area contributed by atoms with Crippen LogP contribution in [0.5, 0.6) is 0 Å². The zero-order valence-electron chi connectivity index (χ0n) is 9.10. The highest BCUT2D eigenvalue weighted by Gasteiger charge is 2.17. The monoisotopic (exact) mass is 268 g/mol. The summed E-state index contributed by atoms with van der Waals surface area (Å²) in [6.07, 6.45) is 0.290. The van der Waals surface area contributed by atoms with Gasteiger partial charge in [0.25, 0.3) is 0 Å². The van der Waals surface area contributed by atoms with Gasteiger partial charge in [0, 0.05) is 15.7 Å². The fraction of sp³-hybridized carbons (Fsp3) is 0.200. The SMILES string of the molecule is O=[N+]([O-])c1ncn(CC(O)c2ccccc2Cl)n1. The molecule has 0 aliphatic rings. The Morgan fingerprint density at radius 3 is 2.83 bits per heavy atom. The molecule has 7 nitrogen and oxygen atoms in total. The molecule has 1 aromatic heterocycles. The third kappa shape index (κ3) is 2.63. The Balaban J connectivity index is 2.13. The molecule has 1 unspecified atom stereocenters. The molecule has 8 heteroatoms. The van der Waals surface area contributed by atoms with E-state index in [4.69, 9.17) is 11.6 Å². The zero-order chi connectivity index (χ0) is 13.1. The van der Waals surface area contributed by atoms with Gasteiger partial charge >= 0.3 is 5.95 Å². The highest BCUT2D eigenvalue weighted by atomic mass is 35.5. The molecule has 1 heterocycles. The molecule has 1 atom stereocenters. The molecule has 0 bridgehead atoms. The first kappa shape index (κ1) is 12.5. The number of hydrogen-bond donors (Lipinski definition) is 1. The Hall–Kier alpha value is -1.99. The quantitative estimate of drug-likeness (QED) is 0.671. The maximum absolute atomic E-state index is 10.4. The van der Waals surface area contributed by atoms with Crippen LogP contribution in [0, 0.1) is 10.1 Å². The minimum atomic E-state index is -0.903. The Kier molecular flexibility index (Phi) is 3.54. The molecule has 1 N–H and O–H groups in total. The molecule has 0 saturated heterocycles. The van der Waals surface area contributed by atoms with Crippen LogP contribution in [0.4, 0.5) is 5.95 Å². The number of halogens is 1.